The third-order valence-corrected chi connectivity index (χ3v) is 2.03. The van der Waals surface area contributed by atoms with Gasteiger partial charge in [-0.25, -0.2) is 0 Å². The van der Waals surface area contributed by atoms with E-state index in [9.17, 15) is 9.59 Å². The van der Waals surface area contributed by atoms with Crippen LogP contribution in [0.25, 0.3) is 0 Å². The van der Waals surface area contributed by atoms with E-state index in [1.54, 1.807) is 6.08 Å². The molecule has 0 spiro atoms. The van der Waals surface area contributed by atoms with Gasteiger partial charge in [0.15, 0.2) is 0 Å². The smallest absolute Gasteiger partial charge is 0.316 e. The molecule has 0 aliphatic carbocycles. The van der Waals surface area contributed by atoms with Crippen LogP contribution in [0, 0.1) is 5.92 Å². The number of rotatable bonds is 6. The Morgan fingerprint density at radius 1 is 1.50 bits per heavy atom. The van der Waals surface area contributed by atoms with E-state index in [1.807, 2.05) is 13.0 Å². The summed E-state index contributed by atoms with van der Waals surface area (Å²) < 4.78 is 4.87. The average Bonchev–Trinajstić information content (AvgIpc) is 2.14. The lowest BCUT2D eigenvalue weighted by Crippen LogP contribution is -2.24. The average molecular weight is 263 g/mol. The van der Waals surface area contributed by atoms with Gasteiger partial charge in [0, 0.05) is 5.33 Å². The summed E-state index contributed by atoms with van der Waals surface area (Å²) >= 11 is 3.14. The Labute approximate surface area is 92.6 Å². The van der Waals surface area contributed by atoms with Crippen LogP contribution in [-0.2, 0) is 14.3 Å². The largest absolute Gasteiger partial charge is 0.464 e. The van der Waals surface area contributed by atoms with Gasteiger partial charge in [0.05, 0.1) is 0 Å². The van der Waals surface area contributed by atoms with Gasteiger partial charge in [-0.1, -0.05) is 28.1 Å². The van der Waals surface area contributed by atoms with Crippen LogP contribution in [0.4, 0.5) is 0 Å². The Hall–Kier alpha value is -0.640. The predicted molar refractivity (Wildman–Crippen MR) is 58.4 cm³/mol. The fourth-order valence-corrected chi connectivity index (χ4v) is 1.10. The van der Waals surface area contributed by atoms with Gasteiger partial charge in [-0.2, -0.15) is 0 Å². The lowest BCUT2D eigenvalue weighted by Gasteiger charge is -2.10. The first kappa shape index (κ1) is 13.4. The van der Waals surface area contributed by atoms with E-state index in [0.29, 0.717) is 18.4 Å². The maximum Gasteiger partial charge on any atom is 0.316 e. The van der Waals surface area contributed by atoms with Crippen molar-refractivity contribution in [1.82, 2.24) is 0 Å². The molecule has 0 radical (unpaired) electrons. The van der Waals surface area contributed by atoms with Gasteiger partial charge in [-0.15, -0.1) is 0 Å². The topological polar surface area (TPSA) is 43.4 Å². The molecular formula is C10H15BrO3. The van der Waals surface area contributed by atoms with Crippen LogP contribution in [0.2, 0.25) is 0 Å². The molecule has 1 unspecified atom stereocenters. The van der Waals surface area contributed by atoms with Crippen molar-refractivity contribution in [3.63, 3.8) is 0 Å². The van der Waals surface area contributed by atoms with Gasteiger partial charge in [0.1, 0.15) is 18.3 Å². The van der Waals surface area contributed by atoms with Gasteiger partial charge < -0.3 is 4.74 Å². The summed E-state index contributed by atoms with van der Waals surface area (Å²) in [5, 5.41) is 0.590. The van der Waals surface area contributed by atoms with Gasteiger partial charge in [-0.05, 0) is 20.3 Å². The highest BCUT2D eigenvalue weighted by Gasteiger charge is 2.22. The second-order valence-corrected chi connectivity index (χ2v) is 3.62. The van der Waals surface area contributed by atoms with Crippen molar-refractivity contribution < 1.29 is 14.3 Å². The minimum Gasteiger partial charge on any atom is -0.464 e. The van der Waals surface area contributed by atoms with E-state index >= 15 is 0 Å². The first-order chi connectivity index (χ1) is 6.63. The maximum atomic E-state index is 11.4. The number of allylic oxidation sites excluding steroid dienone is 2. The van der Waals surface area contributed by atoms with Crippen LogP contribution >= 0.6 is 15.9 Å². The number of ether oxygens (including phenoxy) is 1. The molecule has 0 fully saturated rings. The summed E-state index contributed by atoms with van der Waals surface area (Å²) in [5.74, 6) is -1.23. The van der Waals surface area contributed by atoms with Crippen molar-refractivity contribution in [2.45, 2.75) is 20.3 Å². The molecule has 0 saturated heterocycles. The molecule has 0 bridgehead atoms. The number of hydrogen-bond donors (Lipinski definition) is 0. The molecule has 4 heteroatoms. The maximum absolute atomic E-state index is 11.4. The number of alkyl halides is 1. The predicted octanol–water partition coefficient (Wildman–Crippen LogP) is 2.10. The lowest BCUT2D eigenvalue weighted by molar-refractivity contribution is -0.150. The Balaban J connectivity index is 4.18. The van der Waals surface area contributed by atoms with Gasteiger partial charge >= 0.3 is 5.97 Å². The zero-order chi connectivity index (χ0) is 11.0. The van der Waals surface area contributed by atoms with Crippen molar-refractivity contribution in [3.05, 3.63) is 12.2 Å². The molecule has 0 rings (SSSR count). The number of ketones is 1. The monoisotopic (exact) mass is 262 g/mol. The van der Waals surface area contributed by atoms with E-state index in [2.05, 4.69) is 15.9 Å². The molecule has 0 N–H and O–H groups in total. The minimum absolute atomic E-state index is 0.150. The third kappa shape index (κ3) is 5.17. The van der Waals surface area contributed by atoms with Crippen molar-refractivity contribution in [3.8, 4) is 0 Å². The van der Waals surface area contributed by atoms with E-state index in [1.165, 1.54) is 6.92 Å². The number of hydrogen-bond acceptors (Lipinski definition) is 3. The summed E-state index contributed by atoms with van der Waals surface area (Å²) in [6.07, 6.45) is 4.03. The highest BCUT2D eigenvalue weighted by atomic mass is 79.9. The van der Waals surface area contributed by atoms with Crippen LogP contribution in [0.1, 0.15) is 20.3 Å². The van der Waals surface area contributed by atoms with E-state index in [-0.39, 0.29) is 5.78 Å². The molecule has 3 nitrogen and oxygen atoms in total. The quantitative estimate of drug-likeness (QED) is 0.319. The standard InChI is InChI=1S/C10H15BrO3/c1-3-4-5-9(8(2)12)10(13)14-7-6-11/h3-4,9H,5-7H2,1-2H3/b4-3-. The van der Waals surface area contributed by atoms with Gasteiger partial charge in [0.25, 0.3) is 0 Å². The fourth-order valence-electron chi connectivity index (χ4n) is 0.940. The molecule has 0 amide bonds. The summed E-state index contributed by atoms with van der Waals surface area (Å²) in [5.41, 5.74) is 0. The summed E-state index contributed by atoms with van der Waals surface area (Å²) in [6.45, 7) is 3.56. The number of carbonyl (C=O) groups excluding carboxylic acids is 2. The van der Waals surface area contributed by atoms with E-state index in [0.717, 1.165) is 0 Å². The summed E-state index contributed by atoms with van der Waals surface area (Å²) in [6, 6.07) is 0. The third-order valence-electron chi connectivity index (χ3n) is 1.70. The van der Waals surface area contributed by atoms with Crippen LogP contribution in [-0.4, -0.2) is 23.7 Å². The molecule has 0 aliphatic rings. The molecule has 0 aromatic carbocycles. The molecular weight excluding hydrogens is 248 g/mol. The van der Waals surface area contributed by atoms with E-state index in [4.69, 9.17) is 4.74 Å². The van der Waals surface area contributed by atoms with Crippen molar-refractivity contribution >= 4 is 27.7 Å². The van der Waals surface area contributed by atoms with Crippen molar-refractivity contribution in [2.24, 2.45) is 5.92 Å². The number of carbonyl (C=O) groups is 2. The van der Waals surface area contributed by atoms with Crippen LogP contribution < -0.4 is 0 Å². The highest BCUT2D eigenvalue weighted by Crippen LogP contribution is 2.08. The second-order valence-electron chi connectivity index (χ2n) is 2.82. The highest BCUT2D eigenvalue weighted by molar-refractivity contribution is 9.09. The zero-order valence-corrected chi connectivity index (χ0v) is 10.0. The SMILES string of the molecule is C/C=C\CC(C(C)=O)C(=O)OCCBr. The number of halogens is 1. The lowest BCUT2D eigenvalue weighted by atomic mass is 10.0. The van der Waals surface area contributed by atoms with Crippen LogP contribution in [0.15, 0.2) is 12.2 Å². The van der Waals surface area contributed by atoms with Crippen LogP contribution in [0.5, 0.6) is 0 Å². The number of esters is 1. The van der Waals surface area contributed by atoms with Gasteiger partial charge in [0.2, 0.25) is 0 Å². The number of Topliss-reactive ketones (excluding diaryl/α,β-unsaturated/α-hetero) is 1. The Morgan fingerprint density at radius 3 is 2.57 bits per heavy atom. The Bertz CT molecular complexity index is 223. The molecule has 14 heavy (non-hydrogen) atoms. The van der Waals surface area contributed by atoms with Crippen LogP contribution in [0.3, 0.4) is 0 Å². The molecule has 80 valence electrons. The molecule has 0 aromatic rings. The fraction of sp³-hybridized carbons (Fsp3) is 0.600. The molecule has 0 aliphatic heterocycles. The Kier molecular flexibility index (Phi) is 7.38. The zero-order valence-electron chi connectivity index (χ0n) is 8.46. The first-order valence-electron chi connectivity index (χ1n) is 4.47. The molecule has 1 atom stereocenters. The van der Waals surface area contributed by atoms with Gasteiger partial charge in [-0.3, -0.25) is 9.59 Å². The molecule has 0 heterocycles. The Morgan fingerprint density at radius 2 is 2.14 bits per heavy atom. The second kappa shape index (κ2) is 7.74. The normalized spacial score (nSPS) is 12.8. The minimum atomic E-state index is -0.648. The van der Waals surface area contributed by atoms with Crippen molar-refractivity contribution in [1.29, 1.82) is 0 Å². The van der Waals surface area contributed by atoms with E-state index < -0.39 is 11.9 Å². The first-order valence-corrected chi connectivity index (χ1v) is 5.59. The summed E-state index contributed by atoms with van der Waals surface area (Å²) in [7, 11) is 0. The van der Waals surface area contributed by atoms with Crippen molar-refractivity contribution in [2.75, 3.05) is 11.9 Å². The molecule has 0 aromatic heterocycles. The summed E-state index contributed by atoms with van der Waals surface area (Å²) in [4.78, 5) is 22.5. The molecule has 0 saturated carbocycles.